The van der Waals surface area contributed by atoms with E-state index < -0.39 is 0 Å². The van der Waals surface area contributed by atoms with E-state index in [1.807, 2.05) is 18.2 Å². The molecule has 0 bridgehead atoms. The van der Waals surface area contributed by atoms with Crippen molar-refractivity contribution in [3.05, 3.63) is 23.2 Å². The second-order valence-corrected chi connectivity index (χ2v) is 4.09. The van der Waals surface area contributed by atoms with Crippen LogP contribution in [0.1, 0.15) is 6.42 Å². The van der Waals surface area contributed by atoms with Crippen molar-refractivity contribution in [1.29, 1.82) is 0 Å². The van der Waals surface area contributed by atoms with Gasteiger partial charge < -0.3 is 15.4 Å². The molecule has 2 N–H and O–H groups in total. The normalized spacial score (nSPS) is 20.3. The van der Waals surface area contributed by atoms with Gasteiger partial charge in [0.15, 0.2) is 0 Å². The van der Waals surface area contributed by atoms with Gasteiger partial charge >= 0.3 is 0 Å². The van der Waals surface area contributed by atoms with Crippen LogP contribution in [0.5, 0.6) is 5.75 Å². The summed E-state index contributed by atoms with van der Waals surface area (Å²) in [7, 11) is 1.63. The number of rotatable bonds is 3. The average Bonchev–Trinajstić information content (AvgIpc) is 2.73. The van der Waals surface area contributed by atoms with Gasteiger partial charge in [-0.1, -0.05) is 11.6 Å². The van der Waals surface area contributed by atoms with Crippen LogP contribution in [0.3, 0.4) is 0 Å². The van der Waals surface area contributed by atoms with Gasteiger partial charge in [0.25, 0.3) is 0 Å². The molecule has 0 amide bonds. The predicted octanol–water partition coefficient (Wildman–Crippen LogP) is 2.12. The van der Waals surface area contributed by atoms with Gasteiger partial charge in [-0.15, -0.1) is 0 Å². The first-order valence-electron chi connectivity index (χ1n) is 5.10. The molecule has 0 aromatic heterocycles. The second kappa shape index (κ2) is 4.73. The highest BCUT2D eigenvalue weighted by atomic mass is 35.5. The van der Waals surface area contributed by atoms with Gasteiger partial charge in [0.1, 0.15) is 5.75 Å². The fourth-order valence-corrected chi connectivity index (χ4v) is 1.96. The molecule has 0 radical (unpaired) electrons. The number of methoxy groups -OCH3 is 1. The Morgan fingerprint density at radius 2 is 2.40 bits per heavy atom. The third-order valence-electron chi connectivity index (χ3n) is 2.58. The molecule has 0 aliphatic carbocycles. The first-order valence-corrected chi connectivity index (χ1v) is 5.48. The Bertz CT molecular complexity index is 337. The highest BCUT2D eigenvalue weighted by Gasteiger charge is 2.14. The number of benzene rings is 1. The zero-order valence-corrected chi connectivity index (χ0v) is 9.47. The smallest absolute Gasteiger partial charge is 0.139 e. The lowest BCUT2D eigenvalue weighted by molar-refractivity contribution is 0.415. The zero-order valence-electron chi connectivity index (χ0n) is 8.72. The van der Waals surface area contributed by atoms with Crippen LogP contribution in [-0.2, 0) is 0 Å². The van der Waals surface area contributed by atoms with Crippen molar-refractivity contribution in [1.82, 2.24) is 5.32 Å². The monoisotopic (exact) mass is 226 g/mol. The first-order chi connectivity index (χ1) is 7.29. The Balaban J connectivity index is 2.07. The van der Waals surface area contributed by atoms with Gasteiger partial charge in [-0.25, -0.2) is 0 Å². The molecule has 1 aromatic rings. The maximum absolute atomic E-state index is 5.95. The highest BCUT2D eigenvalue weighted by Crippen LogP contribution is 2.27. The van der Waals surface area contributed by atoms with E-state index in [0.29, 0.717) is 16.8 Å². The third kappa shape index (κ3) is 2.55. The molecule has 1 unspecified atom stereocenters. The lowest BCUT2D eigenvalue weighted by Gasteiger charge is -2.14. The highest BCUT2D eigenvalue weighted by molar-refractivity contribution is 6.32. The van der Waals surface area contributed by atoms with Crippen molar-refractivity contribution in [2.75, 3.05) is 25.5 Å². The molecule has 1 heterocycles. The Morgan fingerprint density at radius 1 is 1.53 bits per heavy atom. The third-order valence-corrected chi connectivity index (χ3v) is 2.89. The molecule has 1 atom stereocenters. The van der Waals surface area contributed by atoms with Gasteiger partial charge in [-0.05, 0) is 25.1 Å². The Morgan fingerprint density at radius 3 is 3.07 bits per heavy atom. The zero-order chi connectivity index (χ0) is 10.7. The summed E-state index contributed by atoms with van der Waals surface area (Å²) in [5.74, 6) is 0.715. The van der Waals surface area contributed by atoms with Crippen LogP contribution in [0.15, 0.2) is 18.2 Å². The van der Waals surface area contributed by atoms with E-state index in [1.165, 1.54) is 0 Å². The largest absolute Gasteiger partial charge is 0.495 e. The summed E-state index contributed by atoms with van der Waals surface area (Å²) in [6.07, 6.45) is 1.16. The molecule has 1 aliphatic rings. The van der Waals surface area contributed by atoms with E-state index in [0.717, 1.165) is 25.2 Å². The van der Waals surface area contributed by atoms with E-state index in [2.05, 4.69) is 10.6 Å². The van der Waals surface area contributed by atoms with Crippen molar-refractivity contribution < 1.29 is 4.74 Å². The summed E-state index contributed by atoms with van der Waals surface area (Å²) in [5, 5.41) is 7.40. The fraction of sp³-hybridized carbons (Fsp3) is 0.455. The summed E-state index contributed by atoms with van der Waals surface area (Å²) in [6.45, 7) is 2.10. The van der Waals surface area contributed by atoms with E-state index in [9.17, 15) is 0 Å². The predicted molar refractivity (Wildman–Crippen MR) is 62.9 cm³/mol. The van der Waals surface area contributed by atoms with Crippen LogP contribution in [-0.4, -0.2) is 26.2 Å². The molecular weight excluding hydrogens is 212 g/mol. The summed E-state index contributed by atoms with van der Waals surface area (Å²) in [4.78, 5) is 0. The number of anilines is 1. The minimum atomic E-state index is 0.510. The van der Waals surface area contributed by atoms with E-state index in [-0.39, 0.29) is 0 Å². The molecule has 15 heavy (non-hydrogen) atoms. The number of ether oxygens (including phenoxy) is 1. The first kappa shape index (κ1) is 10.6. The number of hydrogen-bond donors (Lipinski definition) is 2. The molecule has 1 aliphatic heterocycles. The number of nitrogens with one attached hydrogen (secondary N) is 2. The lowest BCUT2D eigenvalue weighted by atomic mass is 10.2. The van der Waals surface area contributed by atoms with Gasteiger partial charge in [0, 0.05) is 24.3 Å². The molecule has 3 nitrogen and oxygen atoms in total. The van der Waals surface area contributed by atoms with E-state index in [1.54, 1.807) is 7.11 Å². The molecule has 4 heteroatoms. The topological polar surface area (TPSA) is 33.3 Å². The van der Waals surface area contributed by atoms with Crippen LogP contribution >= 0.6 is 11.6 Å². The Kier molecular flexibility index (Phi) is 3.34. The summed E-state index contributed by atoms with van der Waals surface area (Å²) in [5.41, 5.74) is 1.06. The fourth-order valence-electron chi connectivity index (χ4n) is 1.76. The molecule has 1 aromatic carbocycles. The van der Waals surface area contributed by atoms with Crippen LogP contribution in [0.25, 0.3) is 0 Å². The van der Waals surface area contributed by atoms with Crippen molar-refractivity contribution in [3.8, 4) is 5.75 Å². The van der Waals surface area contributed by atoms with Crippen LogP contribution in [0, 0.1) is 0 Å². The summed E-state index contributed by atoms with van der Waals surface area (Å²) in [6, 6.07) is 6.27. The Labute approximate surface area is 94.8 Å². The minimum Gasteiger partial charge on any atom is -0.495 e. The van der Waals surface area contributed by atoms with Crippen molar-refractivity contribution in [2.24, 2.45) is 0 Å². The molecule has 2 rings (SSSR count). The van der Waals surface area contributed by atoms with Gasteiger partial charge in [-0.3, -0.25) is 0 Å². The molecule has 82 valence electrons. The Hall–Kier alpha value is -0.930. The van der Waals surface area contributed by atoms with Crippen molar-refractivity contribution >= 4 is 17.3 Å². The SMILES string of the molecule is COc1cc(NC2CCNC2)ccc1Cl. The molecule has 1 saturated heterocycles. The standard InChI is InChI=1S/C11H15ClN2O/c1-15-11-6-8(2-3-10(11)12)14-9-4-5-13-7-9/h2-3,6,9,13-14H,4-5,7H2,1H3. The molecule has 0 saturated carbocycles. The minimum absolute atomic E-state index is 0.510. The van der Waals surface area contributed by atoms with Crippen LogP contribution in [0.2, 0.25) is 5.02 Å². The number of halogens is 1. The van der Waals surface area contributed by atoms with Gasteiger partial charge in [-0.2, -0.15) is 0 Å². The lowest BCUT2D eigenvalue weighted by Crippen LogP contribution is -2.21. The van der Waals surface area contributed by atoms with Crippen LogP contribution < -0.4 is 15.4 Å². The quantitative estimate of drug-likeness (QED) is 0.829. The van der Waals surface area contributed by atoms with Gasteiger partial charge in [0.05, 0.1) is 12.1 Å². The number of hydrogen-bond acceptors (Lipinski definition) is 3. The van der Waals surface area contributed by atoms with E-state index >= 15 is 0 Å². The maximum atomic E-state index is 5.95. The van der Waals surface area contributed by atoms with Crippen molar-refractivity contribution in [2.45, 2.75) is 12.5 Å². The summed E-state index contributed by atoms with van der Waals surface area (Å²) >= 11 is 5.95. The van der Waals surface area contributed by atoms with Gasteiger partial charge in [0.2, 0.25) is 0 Å². The van der Waals surface area contributed by atoms with Crippen molar-refractivity contribution in [3.63, 3.8) is 0 Å². The van der Waals surface area contributed by atoms with Crippen LogP contribution in [0.4, 0.5) is 5.69 Å². The van der Waals surface area contributed by atoms with E-state index in [4.69, 9.17) is 16.3 Å². The summed E-state index contributed by atoms with van der Waals surface area (Å²) < 4.78 is 5.16. The molecule has 1 fully saturated rings. The maximum Gasteiger partial charge on any atom is 0.139 e. The molecule has 0 spiro atoms. The molecular formula is C11H15ClN2O. The average molecular weight is 227 g/mol. The second-order valence-electron chi connectivity index (χ2n) is 3.68.